The van der Waals surface area contributed by atoms with Crippen molar-refractivity contribution in [3.63, 3.8) is 0 Å². The standard InChI is InChI=1S/C26H26Cl2FN3O4S/c1-30-26(34)24(14-18-6-4-3-5-7-18)31(16-19-8-11-21(29)12-9-19)25(33)17-32(37(2,35)36)23-13-10-20(27)15-22(23)28/h3-13,15,24H,14,16-17H2,1-2H3,(H,30,34)/t24-/m1/s1. The normalized spacial score (nSPS) is 12.0. The summed E-state index contributed by atoms with van der Waals surface area (Å²) in [6.45, 7) is -0.681. The molecule has 0 unspecified atom stereocenters. The van der Waals surface area contributed by atoms with Crippen molar-refractivity contribution in [2.24, 2.45) is 0 Å². The first-order valence-electron chi connectivity index (χ1n) is 11.2. The highest BCUT2D eigenvalue weighted by Crippen LogP contribution is 2.30. The van der Waals surface area contributed by atoms with Gasteiger partial charge in [-0.2, -0.15) is 0 Å². The summed E-state index contributed by atoms with van der Waals surface area (Å²) in [6, 6.07) is 17.9. The third-order valence-corrected chi connectivity index (χ3v) is 7.31. The Hall–Kier alpha value is -3.14. The summed E-state index contributed by atoms with van der Waals surface area (Å²) in [4.78, 5) is 28.1. The molecule has 0 heterocycles. The average Bonchev–Trinajstić information content (AvgIpc) is 2.85. The maximum Gasteiger partial charge on any atom is 0.244 e. The molecule has 0 aliphatic carbocycles. The SMILES string of the molecule is CNC(=O)[C@@H](Cc1ccccc1)N(Cc1ccc(F)cc1)C(=O)CN(c1ccc(Cl)cc1Cl)S(C)(=O)=O. The van der Waals surface area contributed by atoms with Crippen LogP contribution in [0.15, 0.2) is 72.8 Å². The molecule has 3 rings (SSSR count). The lowest BCUT2D eigenvalue weighted by Gasteiger charge is -2.33. The number of amides is 2. The van der Waals surface area contributed by atoms with E-state index in [2.05, 4.69) is 5.32 Å². The highest BCUT2D eigenvalue weighted by Gasteiger charge is 2.33. The maximum atomic E-state index is 13.8. The predicted molar refractivity (Wildman–Crippen MR) is 144 cm³/mol. The minimum Gasteiger partial charge on any atom is -0.357 e. The number of nitrogens with one attached hydrogen (secondary N) is 1. The number of carbonyl (C=O) groups excluding carboxylic acids is 2. The van der Waals surface area contributed by atoms with E-state index < -0.39 is 40.2 Å². The van der Waals surface area contributed by atoms with Crippen LogP contribution in [-0.4, -0.2) is 51.0 Å². The Kier molecular flexibility index (Phi) is 9.53. The van der Waals surface area contributed by atoms with Gasteiger partial charge in [0, 0.05) is 25.0 Å². The second kappa shape index (κ2) is 12.4. The van der Waals surface area contributed by atoms with Gasteiger partial charge in [0.05, 0.1) is 17.0 Å². The van der Waals surface area contributed by atoms with E-state index in [4.69, 9.17) is 23.2 Å². The average molecular weight is 566 g/mol. The Morgan fingerprint density at radius 2 is 1.62 bits per heavy atom. The largest absolute Gasteiger partial charge is 0.357 e. The van der Waals surface area contributed by atoms with Gasteiger partial charge >= 0.3 is 0 Å². The molecule has 0 spiro atoms. The zero-order valence-electron chi connectivity index (χ0n) is 20.2. The number of halogens is 3. The first-order valence-corrected chi connectivity index (χ1v) is 13.8. The number of hydrogen-bond acceptors (Lipinski definition) is 4. The third-order valence-electron chi connectivity index (χ3n) is 5.64. The van der Waals surface area contributed by atoms with Gasteiger partial charge in [0.25, 0.3) is 0 Å². The second-order valence-corrected chi connectivity index (χ2v) is 11.1. The number of likely N-dealkylation sites (N-methyl/N-ethyl adjacent to an activating group) is 1. The van der Waals surface area contributed by atoms with Crippen molar-refractivity contribution in [2.45, 2.75) is 19.0 Å². The lowest BCUT2D eigenvalue weighted by atomic mass is 10.0. The number of carbonyl (C=O) groups is 2. The summed E-state index contributed by atoms with van der Waals surface area (Å²) in [5.41, 5.74) is 1.43. The van der Waals surface area contributed by atoms with Crippen LogP contribution >= 0.6 is 23.2 Å². The van der Waals surface area contributed by atoms with Gasteiger partial charge in [-0.3, -0.25) is 13.9 Å². The maximum absolute atomic E-state index is 13.8. The fourth-order valence-corrected chi connectivity index (χ4v) is 5.21. The molecule has 0 radical (unpaired) electrons. The first kappa shape index (κ1) is 28.4. The molecule has 0 saturated carbocycles. The molecule has 3 aromatic carbocycles. The molecule has 0 aromatic heterocycles. The van der Waals surface area contributed by atoms with Gasteiger partial charge in [-0.15, -0.1) is 0 Å². The summed E-state index contributed by atoms with van der Waals surface area (Å²) in [7, 11) is -2.51. The zero-order valence-corrected chi connectivity index (χ0v) is 22.5. The van der Waals surface area contributed by atoms with Gasteiger partial charge < -0.3 is 10.2 Å². The van der Waals surface area contributed by atoms with Crippen LogP contribution in [0.3, 0.4) is 0 Å². The summed E-state index contributed by atoms with van der Waals surface area (Å²) < 4.78 is 39.8. The molecular formula is C26H26Cl2FN3O4S. The van der Waals surface area contributed by atoms with Crippen LogP contribution < -0.4 is 9.62 Å². The Balaban J connectivity index is 2.04. The molecular weight excluding hydrogens is 540 g/mol. The Morgan fingerprint density at radius 1 is 0.973 bits per heavy atom. The molecule has 1 atom stereocenters. The minimum absolute atomic E-state index is 0.0444. The topological polar surface area (TPSA) is 86.8 Å². The van der Waals surface area contributed by atoms with E-state index in [1.54, 1.807) is 0 Å². The third kappa shape index (κ3) is 7.67. The van der Waals surface area contributed by atoms with E-state index in [0.717, 1.165) is 16.1 Å². The van der Waals surface area contributed by atoms with Gasteiger partial charge in [0.15, 0.2) is 0 Å². The second-order valence-electron chi connectivity index (χ2n) is 8.33. The summed E-state index contributed by atoms with van der Waals surface area (Å²) in [5.74, 6) is -1.53. The van der Waals surface area contributed by atoms with Gasteiger partial charge in [-0.25, -0.2) is 12.8 Å². The molecule has 0 aliphatic rings. The van der Waals surface area contributed by atoms with Crippen LogP contribution in [0.1, 0.15) is 11.1 Å². The molecule has 37 heavy (non-hydrogen) atoms. The minimum atomic E-state index is -3.96. The number of nitrogens with zero attached hydrogens (tertiary/aromatic N) is 2. The fourth-order valence-electron chi connectivity index (χ4n) is 3.79. The van der Waals surface area contributed by atoms with Crippen LogP contribution in [0.4, 0.5) is 10.1 Å². The Bertz CT molecular complexity index is 1360. The number of benzene rings is 3. The molecule has 7 nitrogen and oxygen atoms in total. The summed E-state index contributed by atoms with van der Waals surface area (Å²) >= 11 is 12.2. The zero-order chi connectivity index (χ0) is 27.2. The molecule has 0 aliphatic heterocycles. The van der Waals surface area contributed by atoms with Gasteiger partial charge in [-0.05, 0) is 41.5 Å². The van der Waals surface area contributed by atoms with Crippen molar-refractivity contribution >= 4 is 50.7 Å². The molecule has 11 heteroatoms. The lowest BCUT2D eigenvalue weighted by Crippen LogP contribution is -2.52. The molecule has 1 N–H and O–H groups in total. The lowest BCUT2D eigenvalue weighted by molar-refractivity contribution is -0.139. The van der Waals surface area contributed by atoms with Crippen molar-refractivity contribution in [1.82, 2.24) is 10.2 Å². The monoisotopic (exact) mass is 565 g/mol. The Morgan fingerprint density at radius 3 is 2.19 bits per heavy atom. The fraction of sp³-hybridized carbons (Fsp3) is 0.231. The number of rotatable bonds is 10. The molecule has 0 fully saturated rings. The molecule has 3 aromatic rings. The highest BCUT2D eigenvalue weighted by molar-refractivity contribution is 7.92. The van der Waals surface area contributed by atoms with E-state index in [-0.39, 0.29) is 23.7 Å². The van der Waals surface area contributed by atoms with Gasteiger partial charge in [0.1, 0.15) is 18.4 Å². The van der Waals surface area contributed by atoms with Crippen LogP contribution in [0.25, 0.3) is 0 Å². The predicted octanol–water partition coefficient (Wildman–Crippen LogP) is 4.28. The van der Waals surface area contributed by atoms with Crippen LogP contribution in [0.2, 0.25) is 10.0 Å². The van der Waals surface area contributed by atoms with Gasteiger partial charge in [-0.1, -0.05) is 65.7 Å². The Labute approximate surface area is 225 Å². The summed E-state index contributed by atoms with van der Waals surface area (Å²) in [5, 5.41) is 2.93. The van der Waals surface area contributed by atoms with E-state index in [0.29, 0.717) is 10.6 Å². The number of hydrogen-bond donors (Lipinski definition) is 1. The van der Waals surface area contributed by atoms with Gasteiger partial charge in [0.2, 0.25) is 21.8 Å². The molecule has 196 valence electrons. The van der Waals surface area contributed by atoms with Crippen molar-refractivity contribution in [3.05, 3.63) is 99.8 Å². The van der Waals surface area contributed by atoms with E-state index in [9.17, 15) is 22.4 Å². The van der Waals surface area contributed by atoms with E-state index in [1.165, 1.54) is 54.4 Å². The molecule has 0 saturated heterocycles. The van der Waals surface area contributed by atoms with Crippen molar-refractivity contribution < 1.29 is 22.4 Å². The number of anilines is 1. The molecule has 2 amide bonds. The molecule has 0 bridgehead atoms. The van der Waals surface area contributed by atoms with Crippen LogP contribution in [0.5, 0.6) is 0 Å². The van der Waals surface area contributed by atoms with Crippen molar-refractivity contribution in [1.29, 1.82) is 0 Å². The smallest absolute Gasteiger partial charge is 0.244 e. The summed E-state index contributed by atoms with van der Waals surface area (Å²) in [6.07, 6.45) is 1.13. The van der Waals surface area contributed by atoms with E-state index in [1.807, 2.05) is 30.3 Å². The van der Waals surface area contributed by atoms with E-state index >= 15 is 0 Å². The highest BCUT2D eigenvalue weighted by atomic mass is 35.5. The quantitative estimate of drug-likeness (QED) is 0.397. The van der Waals surface area contributed by atoms with Crippen molar-refractivity contribution in [2.75, 3.05) is 24.2 Å². The van der Waals surface area contributed by atoms with Crippen LogP contribution in [0, 0.1) is 5.82 Å². The van der Waals surface area contributed by atoms with Crippen LogP contribution in [-0.2, 0) is 32.6 Å². The first-order chi connectivity index (χ1) is 17.5. The van der Waals surface area contributed by atoms with Crippen molar-refractivity contribution in [3.8, 4) is 0 Å². The number of sulfonamides is 1.